The predicted octanol–water partition coefficient (Wildman–Crippen LogP) is 6.20. The highest BCUT2D eigenvalue weighted by atomic mass is 35.5. The van der Waals surface area contributed by atoms with Crippen LogP contribution >= 0.6 is 11.6 Å². The third-order valence-electron chi connectivity index (χ3n) is 6.43. The van der Waals surface area contributed by atoms with Crippen molar-refractivity contribution < 1.29 is 31.5 Å². The van der Waals surface area contributed by atoms with Gasteiger partial charge in [0.05, 0.1) is 18.1 Å². The molecular weight excluding hydrogens is 600 g/mol. The summed E-state index contributed by atoms with van der Waals surface area (Å²) in [6, 6.07) is 17.5. The number of sulfonamides is 2. The van der Waals surface area contributed by atoms with Gasteiger partial charge in [0.2, 0.25) is 20.0 Å². The molecule has 0 saturated heterocycles. The fourth-order valence-corrected chi connectivity index (χ4v) is 8.02. The maximum atomic E-state index is 12.8. The van der Waals surface area contributed by atoms with E-state index in [0.29, 0.717) is 32.8 Å². The average Bonchev–Trinajstić information content (AvgIpc) is 2.86. The molecule has 0 saturated carbocycles. The van der Waals surface area contributed by atoms with Gasteiger partial charge in [-0.15, -0.1) is 3.71 Å². The Balaban J connectivity index is 2.10. The molecule has 1 aromatic heterocycles. The van der Waals surface area contributed by atoms with E-state index in [1.807, 2.05) is 36.4 Å². The summed E-state index contributed by atoms with van der Waals surface area (Å²) in [5, 5.41) is 12.5. The Morgan fingerprint density at radius 1 is 0.881 bits per heavy atom. The van der Waals surface area contributed by atoms with Crippen LogP contribution in [-0.2, 0) is 29.6 Å². The third kappa shape index (κ3) is 6.44. The number of carbonyl (C=O) groups is 1. The smallest absolute Gasteiger partial charge is 0.337 e. The minimum atomic E-state index is -4.19. The number of carboxylic acids is 1. The summed E-state index contributed by atoms with van der Waals surface area (Å²) in [4.78, 5) is 17.0. The molecule has 9 nitrogen and oxygen atoms in total. The Labute approximate surface area is 250 Å². The normalized spacial score (nSPS) is 13.2. The summed E-state index contributed by atoms with van der Waals surface area (Å²) < 4.78 is 55.5. The van der Waals surface area contributed by atoms with Crippen LogP contribution in [0.4, 0.5) is 5.82 Å². The fraction of sp³-hybridized carbons (Fsp3) is 0.267. The second-order valence-electron chi connectivity index (χ2n) is 10.9. The lowest BCUT2D eigenvalue weighted by atomic mass is 9.82. The van der Waals surface area contributed by atoms with Crippen molar-refractivity contribution in [1.82, 2.24) is 4.98 Å². The molecule has 0 bridgehead atoms. The fourth-order valence-electron chi connectivity index (χ4n) is 5.03. The third-order valence-corrected chi connectivity index (χ3v) is 9.89. The highest BCUT2D eigenvalue weighted by molar-refractivity contribution is 8.09. The molecule has 1 atom stereocenters. The molecule has 1 N–H and O–H groups in total. The zero-order valence-corrected chi connectivity index (χ0v) is 26.3. The monoisotopic (exact) mass is 630 g/mol. The SMILES string of the molecule is Cc1c(C(OC(C)(C)C)C(=O)O)c(-c2ccc(Cl)cc2)c2ccccc2c1-c1ccc(N(S(C)(=O)=O)S(C)(=O)=O)nc1. The lowest BCUT2D eigenvalue weighted by molar-refractivity contribution is -0.160. The van der Waals surface area contributed by atoms with Crippen LogP contribution in [-0.4, -0.2) is 51.0 Å². The first-order chi connectivity index (χ1) is 19.4. The lowest BCUT2D eigenvalue weighted by Gasteiger charge is -2.30. The van der Waals surface area contributed by atoms with E-state index in [9.17, 15) is 26.7 Å². The number of rotatable bonds is 8. The second-order valence-corrected chi connectivity index (χ2v) is 15.2. The zero-order chi connectivity index (χ0) is 31.2. The van der Waals surface area contributed by atoms with Crippen LogP contribution in [0.3, 0.4) is 0 Å². The van der Waals surface area contributed by atoms with Gasteiger partial charge < -0.3 is 9.84 Å². The number of pyridine rings is 1. The Kier molecular flexibility index (Phi) is 8.45. The van der Waals surface area contributed by atoms with Crippen molar-refractivity contribution in [1.29, 1.82) is 0 Å². The Hall–Kier alpha value is -3.51. The van der Waals surface area contributed by atoms with E-state index < -0.39 is 37.7 Å². The van der Waals surface area contributed by atoms with E-state index in [2.05, 4.69) is 4.98 Å². The van der Waals surface area contributed by atoms with E-state index in [-0.39, 0.29) is 9.53 Å². The van der Waals surface area contributed by atoms with Crippen molar-refractivity contribution in [2.24, 2.45) is 0 Å². The van der Waals surface area contributed by atoms with E-state index in [1.54, 1.807) is 45.9 Å². The summed E-state index contributed by atoms with van der Waals surface area (Å²) in [6.07, 6.45) is 1.59. The first-order valence-electron chi connectivity index (χ1n) is 12.8. The zero-order valence-electron chi connectivity index (χ0n) is 23.9. The van der Waals surface area contributed by atoms with Crippen LogP contribution in [0, 0.1) is 6.92 Å². The molecule has 4 aromatic rings. The van der Waals surface area contributed by atoms with Crippen molar-refractivity contribution >= 4 is 54.2 Å². The highest BCUT2D eigenvalue weighted by Crippen LogP contribution is 2.46. The largest absolute Gasteiger partial charge is 0.479 e. The van der Waals surface area contributed by atoms with Gasteiger partial charge in [-0.05, 0) is 85.0 Å². The van der Waals surface area contributed by atoms with E-state index in [4.69, 9.17) is 16.3 Å². The number of benzene rings is 3. The van der Waals surface area contributed by atoms with Gasteiger partial charge >= 0.3 is 5.97 Å². The molecule has 0 amide bonds. The van der Waals surface area contributed by atoms with Crippen LogP contribution in [0.1, 0.15) is 38.0 Å². The second kappa shape index (κ2) is 11.3. The van der Waals surface area contributed by atoms with Crippen LogP contribution < -0.4 is 3.71 Å². The molecule has 0 aliphatic carbocycles. The van der Waals surface area contributed by atoms with Crippen LogP contribution in [0.15, 0.2) is 66.9 Å². The molecule has 0 aliphatic rings. The maximum absolute atomic E-state index is 12.8. The topological polar surface area (TPSA) is 131 Å². The number of aromatic nitrogens is 1. The molecule has 0 spiro atoms. The Bertz CT molecular complexity index is 1850. The van der Waals surface area contributed by atoms with E-state index in [1.165, 1.54) is 12.3 Å². The molecule has 1 heterocycles. The number of halogens is 1. The molecular formula is C30H31ClN2O7S2. The number of nitrogens with zero attached hydrogens (tertiary/aromatic N) is 2. The number of hydrogen-bond acceptors (Lipinski definition) is 7. The molecule has 42 heavy (non-hydrogen) atoms. The van der Waals surface area contributed by atoms with Crippen LogP contribution in [0.25, 0.3) is 33.0 Å². The quantitative estimate of drug-likeness (QED) is 0.244. The van der Waals surface area contributed by atoms with Gasteiger partial charge in [-0.3, -0.25) is 0 Å². The first kappa shape index (κ1) is 31.4. The van der Waals surface area contributed by atoms with Crippen molar-refractivity contribution in [3.63, 3.8) is 0 Å². The number of anilines is 1. The molecule has 1 unspecified atom stereocenters. The van der Waals surface area contributed by atoms with Gasteiger partial charge in [-0.1, -0.05) is 48.0 Å². The molecule has 0 fully saturated rings. The summed E-state index contributed by atoms with van der Waals surface area (Å²) in [5.41, 5.74) is 2.83. The van der Waals surface area contributed by atoms with Crippen LogP contribution in [0.2, 0.25) is 5.02 Å². The lowest BCUT2D eigenvalue weighted by Crippen LogP contribution is -2.35. The minimum absolute atomic E-state index is 0.265. The first-order valence-corrected chi connectivity index (χ1v) is 16.9. The number of ether oxygens (including phenoxy) is 1. The van der Waals surface area contributed by atoms with Gasteiger partial charge in [0, 0.05) is 22.3 Å². The van der Waals surface area contributed by atoms with Crippen molar-refractivity contribution in [2.45, 2.75) is 39.4 Å². The van der Waals surface area contributed by atoms with E-state index >= 15 is 0 Å². The van der Waals surface area contributed by atoms with Gasteiger partial charge in [0.15, 0.2) is 11.9 Å². The molecule has 0 aliphatic heterocycles. The minimum Gasteiger partial charge on any atom is -0.479 e. The number of carboxylic acid groups (broad SMARTS) is 1. The van der Waals surface area contributed by atoms with Crippen molar-refractivity contribution in [3.05, 3.63) is 83.0 Å². The van der Waals surface area contributed by atoms with E-state index in [0.717, 1.165) is 28.8 Å². The number of hydrogen-bond donors (Lipinski definition) is 1. The van der Waals surface area contributed by atoms with Gasteiger partial charge in [-0.25, -0.2) is 26.6 Å². The Morgan fingerprint density at radius 3 is 1.86 bits per heavy atom. The summed E-state index contributed by atoms with van der Waals surface area (Å²) in [5.74, 6) is -1.46. The summed E-state index contributed by atoms with van der Waals surface area (Å²) >= 11 is 6.18. The number of fused-ring (bicyclic) bond motifs is 1. The molecule has 12 heteroatoms. The van der Waals surface area contributed by atoms with Crippen LogP contribution in [0.5, 0.6) is 0 Å². The molecule has 3 aromatic carbocycles. The van der Waals surface area contributed by atoms with Crippen molar-refractivity contribution in [3.8, 4) is 22.3 Å². The Morgan fingerprint density at radius 2 is 1.40 bits per heavy atom. The van der Waals surface area contributed by atoms with Gasteiger partial charge in [-0.2, -0.15) is 0 Å². The van der Waals surface area contributed by atoms with Gasteiger partial charge in [0.25, 0.3) is 0 Å². The molecule has 222 valence electrons. The summed E-state index contributed by atoms with van der Waals surface area (Å²) in [7, 11) is -8.38. The van der Waals surface area contributed by atoms with Gasteiger partial charge in [0.1, 0.15) is 0 Å². The molecule has 4 rings (SSSR count). The number of aliphatic carboxylic acids is 1. The average molecular weight is 631 g/mol. The predicted molar refractivity (Wildman–Crippen MR) is 166 cm³/mol. The maximum Gasteiger partial charge on any atom is 0.337 e. The molecule has 0 radical (unpaired) electrons. The van der Waals surface area contributed by atoms with Crippen molar-refractivity contribution in [2.75, 3.05) is 16.2 Å². The highest BCUT2D eigenvalue weighted by Gasteiger charge is 2.33. The standard InChI is InChI=1S/C30H31ClN2O7S2/c1-18-25(20-13-16-24(32-17-20)33(41(5,36)37)42(6,38)39)22-9-7-8-10-23(22)27(19-11-14-21(31)15-12-19)26(18)28(29(34)35)40-30(2,3)4/h7-17,28H,1-6H3,(H,34,35). The summed E-state index contributed by atoms with van der Waals surface area (Å²) in [6.45, 7) is 7.13.